The Balaban J connectivity index is 0.00000329. The third kappa shape index (κ3) is 9.46. The van der Waals surface area contributed by atoms with E-state index in [4.69, 9.17) is 9.72 Å². The maximum absolute atomic E-state index is 6.77. The van der Waals surface area contributed by atoms with Gasteiger partial charge in [0.25, 0.3) is 0 Å². The molecular formula is C64H64N4OPt. The molecule has 356 valence electrons. The Labute approximate surface area is 431 Å². The van der Waals surface area contributed by atoms with Crippen molar-refractivity contribution in [2.75, 3.05) is 9.80 Å². The first-order valence-corrected chi connectivity index (χ1v) is 23.9. The second kappa shape index (κ2) is 18.7. The molecule has 0 bridgehead atoms. The fourth-order valence-electron chi connectivity index (χ4n) is 9.40. The molecule has 70 heavy (non-hydrogen) atoms. The van der Waals surface area contributed by atoms with Crippen molar-refractivity contribution in [1.82, 2.24) is 9.55 Å². The first kappa shape index (κ1) is 50.0. The van der Waals surface area contributed by atoms with Gasteiger partial charge in [-0.15, -0.1) is 48.1 Å². The van der Waals surface area contributed by atoms with Crippen LogP contribution >= 0.6 is 0 Å². The number of fused-ring (bicyclic) bond motifs is 4. The molecule has 0 atom stereocenters. The van der Waals surface area contributed by atoms with Crippen LogP contribution in [0, 0.1) is 26.2 Å². The quantitative estimate of drug-likeness (QED) is 0.142. The molecule has 0 saturated heterocycles. The summed E-state index contributed by atoms with van der Waals surface area (Å²) < 4.78 is 9.00. The van der Waals surface area contributed by atoms with Crippen LogP contribution in [0.4, 0.5) is 22.7 Å². The van der Waals surface area contributed by atoms with Crippen LogP contribution < -0.4 is 14.5 Å². The van der Waals surface area contributed by atoms with Gasteiger partial charge >= 0.3 is 21.1 Å². The molecule has 0 unspecified atom stereocenters. The van der Waals surface area contributed by atoms with Crippen molar-refractivity contribution >= 4 is 44.6 Å². The van der Waals surface area contributed by atoms with Crippen molar-refractivity contribution in [2.45, 2.75) is 97.8 Å². The van der Waals surface area contributed by atoms with E-state index >= 15 is 0 Å². The predicted molar refractivity (Wildman–Crippen MR) is 291 cm³/mol. The summed E-state index contributed by atoms with van der Waals surface area (Å²) in [6, 6.07) is 64.2. The zero-order chi connectivity index (χ0) is 47.8. The van der Waals surface area contributed by atoms with Gasteiger partial charge in [-0.25, -0.2) is 4.98 Å². The van der Waals surface area contributed by atoms with Crippen molar-refractivity contribution in [1.29, 1.82) is 0 Å². The number of anilines is 4. The number of benzene rings is 7. The Kier molecular flexibility index (Phi) is 13.4. The number of aromatic nitrogens is 2. The number of hydrogen-bond acceptors (Lipinski definition) is 4. The molecule has 0 fully saturated rings. The van der Waals surface area contributed by atoms with Crippen molar-refractivity contribution in [3.05, 3.63) is 218 Å². The van der Waals surface area contributed by atoms with E-state index < -0.39 is 0 Å². The summed E-state index contributed by atoms with van der Waals surface area (Å²) in [6.45, 7) is 27.1. The average molecular weight is 1100 g/mol. The maximum atomic E-state index is 6.77. The van der Waals surface area contributed by atoms with E-state index in [9.17, 15) is 0 Å². The number of pyridine rings is 1. The molecule has 7 aromatic carbocycles. The van der Waals surface area contributed by atoms with E-state index in [1.165, 1.54) is 44.3 Å². The van der Waals surface area contributed by atoms with Crippen molar-refractivity contribution < 1.29 is 25.8 Å². The van der Waals surface area contributed by atoms with Gasteiger partial charge in [0.2, 0.25) is 0 Å². The van der Waals surface area contributed by atoms with Gasteiger partial charge in [0.05, 0.1) is 0 Å². The first-order chi connectivity index (χ1) is 32.3. The van der Waals surface area contributed by atoms with Crippen LogP contribution in [-0.2, 0) is 42.7 Å². The first-order valence-electron chi connectivity index (χ1n) is 23.9. The summed E-state index contributed by atoms with van der Waals surface area (Å²) in [4.78, 5) is 9.52. The van der Waals surface area contributed by atoms with Gasteiger partial charge in [0.1, 0.15) is 5.82 Å². The van der Waals surface area contributed by atoms with Crippen molar-refractivity contribution in [2.24, 2.45) is 0 Å². The van der Waals surface area contributed by atoms with Gasteiger partial charge in [-0.3, -0.25) is 0 Å². The summed E-state index contributed by atoms with van der Waals surface area (Å²) in [7, 11) is 0. The largest absolute Gasteiger partial charge is 4.00 e. The smallest absolute Gasteiger partial charge is 0.509 e. The van der Waals surface area contributed by atoms with Crippen LogP contribution in [-0.4, -0.2) is 9.55 Å². The Morgan fingerprint density at radius 3 is 1.83 bits per heavy atom. The monoisotopic (exact) mass is 1100 g/mol. The minimum atomic E-state index is -0.255. The molecule has 2 aromatic heterocycles. The second-order valence-electron chi connectivity index (χ2n) is 22.0. The molecule has 0 aliphatic carbocycles. The molecule has 6 heteroatoms. The number of hydrogen-bond donors (Lipinski definition) is 0. The van der Waals surface area contributed by atoms with E-state index in [0.29, 0.717) is 11.5 Å². The van der Waals surface area contributed by atoms with Crippen LogP contribution in [0.2, 0.25) is 0 Å². The zero-order valence-electron chi connectivity index (χ0n) is 42.7. The van der Waals surface area contributed by atoms with Gasteiger partial charge in [-0.1, -0.05) is 167 Å². The Morgan fingerprint density at radius 1 is 0.486 bits per heavy atom. The number of rotatable bonds is 8. The molecule has 0 amide bonds. The fourth-order valence-corrected chi connectivity index (χ4v) is 9.40. The van der Waals surface area contributed by atoms with E-state index in [1.54, 1.807) is 0 Å². The van der Waals surface area contributed by atoms with Crippen molar-refractivity contribution in [3.63, 3.8) is 0 Å². The standard InChI is InChI=1S/C63H61N4O.CH3.Pt/c1-60(2,3)45-25-29-55-54(36-45)53-28-27-52(40-57(53)67(55)59-38-47(31-32-64-59)62(7,8)9)68-51-24-18-23-49(39-51)65-41-66(56-30-26-46(37-58(56)65)61(4,5)6)50-34-43(42-19-14-12-15-20-42)33-48(35-50)63(10,11)44-21-16-13-17-22-44;;/h12-38,41H,1-11H3;1H3;/q-3;-1;+4. The van der Waals surface area contributed by atoms with Crippen LogP contribution in [0.15, 0.2) is 164 Å². The maximum Gasteiger partial charge on any atom is 4.00 e. The fraction of sp³-hybridized carbons (Fsp3) is 0.234. The molecule has 9 aromatic rings. The third-order valence-electron chi connectivity index (χ3n) is 13.7. The summed E-state index contributed by atoms with van der Waals surface area (Å²) in [5, 5.41) is 2.27. The predicted octanol–water partition coefficient (Wildman–Crippen LogP) is 17.3. The molecule has 0 radical (unpaired) electrons. The molecule has 3 heterocycles. The van der Waals surface area contributed by atoms with Gasteiger partial charge in [-0.2, -0.15) is 12.1 Å². The van der Waals surface area contributed by atoms with E-state index in [-0.39, 0.29) is 50.2 Å². The molecule has 0 spiro atoms. The van der Waals surface area contributed by atoms with Gasteiger partial charge in [0.15, 0.2) is 0 Å². The molecular weight excluding hydrogens is 1040 g/mol. The summed E-state index contributed by atoms with van der Waals surface area (Å²) in [6.07, 6.45) is 1.92. The van der Waals surface area contributed by atoms with Crippen LogP contribution in [0.5, 0.6) is 11.5 Å². The molecule has 5 nitrogen and oxygen atoms in total. The van der Waals surface area contributed by atoms with E-state index in [1.807, 2.05) is 24.4 Å². The normalized spacial score (nSPS) is 13.0. The molecule has 10 rings (SSSR count). The number of nitrogens with zero attached hydrogens (tertiary/aromatic N) is 4. The molecule has 1 aliphatic rings. The van der Waals surface area contributed by atoms with Crippen LogP contribution in [0.1, 0.15) is 104 Å². The zero-order valence-corrected chi connectivity index (χ0v) is 45.0. The Morgan fingerprint density at radius 2 is 1.13 bits per heavy atom. The molecule has 0 saturated carbocycles. The number of ether oxygens (including phenoxy) is 1. The van der Waals surface area contributed by atoms with E-state index in [2.05, 4.69) is 249 Å². The second-order valence-corrected chi connectivity index (χ2v) is 22.0. The minimum absolute atomic E-state index is 0. The van der Waals surface area contributed by atoms with Crippen molar-refractivity contribution in [3.8, 4) is 28.4 Å². The SMILES string of the molecule is CC(C)(C)c1ccnc(-n2c3[c-]c(Oc4[c-]c(N5[CH-]N(c6cc(-c7ccccc7)cc(C(C)(C)c7ccccc7)c6)c6ccc(C(C)(C)C)cc65)ccc4)ccc3c3cc(C(C)(C)C)ccc32)c1.[CH3-].[Pt+4]. The summed E-state index contributed by atoms with van der Waals surface area (Å²) >= 11 is 0. The van der Waals surface area contributed by atoms with Crippen LogP contribution in [0.3, 0.4) is 0 Å². The topological polar surface area (TPSA) is 33.5 Å². The van der Waals surface area contributed by atoms with Gasteiger partial charge in [0, 0.05) is 45.7 Å². The third-order valence-corrected chi connectivity index (χ3v) is 13.7. The molecule has 1 aliphatic heterocycles. The minimum Gasteiger partial charge on any atom is -0.509 e. The Hall–Kier alpha value is -6.42. The average Bonchev–Trinajstić information content (AvgIpc) is 3.87. The molecule has 0 N–H and O–H groups in total. The van der Waals surface area contributed by atoms with E-state index in [0.717, 1.165) is 45.0 Å². The van der Waals surface area contributed by atoms with Gasteiger partial charge in [-0.05, 0) is 103 Å². The van der Waals surface area contributed by atoms with Crippen LogP contribution in [0.25, 0.3) is 38.8 Å². The Bertz CT molecular complexity index is 3330. The summed E-state index contributed by atoms with van der Waals surface area (Å²) in [5.74, 6) is 2.06. The van der Waals surface area contributed by atoms with Gasteiger partial charge < -0.3 is 26.5 Å². The summed E-state index contributed by atoms with van der Waals surface area (Å²) in [5.41, 5.74) is 14.4.